The largest absolute Gasteiger partial charge is 0.497 e. The van der Waals surface area contributed by atoms with Crippen LogP contribution in [0.2, 0.25) is 0 Å². The molecule has 2 aromatic carbocycles. The third kappa shape index (κ3) is 5.22. The number of anilines is 2. The highest BCUT2D eigenvalue weighted by Gasteiger charge is 2.09. The summed E-state index contributed by atoms with van der Waals surface area (Å²) >= 11 is 0. The molecule has 0 radical (unpaired) electrons. The predicted molar refractivity (Wildman–Crippen MR) is 110 cm³/mol. The van der Waals surface area contributed by atoms with Crippen LogP contribution in [0.3, 0.4) is 0 Å². The Morgan fingerprint density at radius 3 is 2.59 bits per heavy atom. The molecule has 29 heavy (non-hydrogen) atoms. The van der Waals surface area contributed by atoms with Crippen molar-refractivity contribution in [2.45, 2.75) is 6.42 Å². The van der Waals surface area contributed by atoms with E-state index in [4.69, 9.17) is 9.47 Å². The molecule has 0 atom stereocenters. The summed E-state index contributed by atoms with van der Waals surface area (Å²) in [6.07, 6.45) is 1.90. The van der Waals surface area contributed by atoms with E-state index in [2.05, 4.69) is 15.6 Å². The van der Waals surface area contributed by atoms with Gasteiger partial charge in [0.05, 0.1) is 25.5 Å². The summed E-state index contributed by atoms with van der Waals surface area (Å²) in [7, 11) is 3.16. The Hall–Kier alpha value is -3.61. The number of ether oxygens (including phenoxy) is 2. The van der Waals surface area contributed by atoms with Crippen molar-refractivity contribution in [2.24, 2.45) is 0 Å². The molecule has 0 spiro atoms. The van der Waals surface area contributed by atoms with Crippen LogP contribution in [0.1, 0.15) is 15.9 Å². The molecule has 0 aliphatic rings. The minimum absolute atomic E-state index is 0.262. The van der Waals surface area contributed by atoms with Gasteiger partial charge in [0.25, 0.3) is 5.91 Å². The molecule has 0 unspecified atom stereocenters. The van der Waals surface area contributed by atoms with Gasteiger partial charge in [0.2, 0.25) is 0 Å². The van der Waals surface area contributed by atoms with E-state index in [-0.39, 0.29) is 11.7 Å². The Bertz CT molecular complexity index is 977. The van der Waals surface area contributed by atoms with Crippen LogP contribution in [0, 0.1) is 5.82 Å². The molecule has 1 heterocycles. The number of pyridine rings is 1. The number of carbonyl (C=O) groups is 1. The highest BCUT2D eigenvalue weighted by molar-refractivity contribution is 5.94. The zero-order valence-electron chi connectivity index (χ0n) is 16.2. The molecule has 0 saturated heterocycles. The molecular weight excluding hydrogens is 373 g/mol. The number of halogens is 1. The number of carbonyl (C=O) groups excluding carboxylic acids is 1. The van der Waals surface area contributed by atoms with Crippen molar-refractivity contribution in [1.29, 1.82) is 0 Å². The van der Waals surface area contributed by atoms with Crippen molar-refractivity contribution >= 4 is 17.4 Å². The molecule has 1 aromatic heterocycles. The Morgan fingerprint density at radius 1 is 1.07 bits per heavy atom. The zero-order valence-corrected chi connectivity index (χ0v) is 16.2. The Kier molecular flexibility index (Phi) is 6.63. The maximum Gasteiger partial charge on any atom is 0.252 e. The predicted octanol–water partition coefficient (Wildman–Crippen LogP) is 3.95. The summed E-state index contributed by atoms with van der Waals surface area (Å²) in [6, 6.07) is 15.3. The third-order valence-electron chi connectivity index (χ3n) is 4.33. The number of methoxy groups -OCH3 is 2. The van der Waals surface area contributed by atoms with E-state index < -0.39 is 0 Å². The van der Waals surface area contributed by atoms with Gasteiger partial charge in [0.15, 0.2) is 0 Å². The van der Waals surface area contributed by atoms with Crippen molar-refractivity contribution in [2.75, 3.05) is 26.1 Å². The van der Waals surface area contributed by atoms with Crippen LogP contribution in [0.5, 0.6) is 11.5 Å². The first-order valence-electron chi connectivity index (χ1n) is 9.07. The lowest BCUT2D eigenvalue weighted by molar-refractivity contribution is 0.0953. The highest BCUT2D eigenvalue weighted by atomic mass is 19.1. The van der Waals surface area contributed by atoms with Crippen LogP contribution in [0.25, 0.3) is 0 Å². The second-order valence-corrected chi connectivity index (χ2v) is 6.22. The van der Waals surface area contributed by atoms with Gasteiger partial charge in [-0.25, -0.2) is 9.37 Å². The van der Waals surface area contributed by atoms with Crippen molar-refractivity contribution in [3.8, 4) is 11.5 Å². The first-order valence-corrected chi connectivity index (χ1v) is 9.07. The first kappa shape index (κ1) is 20.1. The minimum atomic E-state index is -0.271. The normalized spacial score (nSPS) is 10.3. The molecule has 1 amide bonds. The highest BCUT2D eigenvalue weighted by Crippen LogP contribution is 2.30. The number of aromatic nitrogens is 1. The van der Waals surface area contributed by atoms with Crippen molar-refractivity contribution in [3.63, 3.8) is 0 Å². The number of rotatable bonds is 8. The molecule has 0 aliphatic carbocycles. The number of nitrogens with zero attached hydrogens (tertiary/aromatic N) is 1. The van der Waals surface area contributed by atoms with E-state index in [0.717, 1.165) is 5.69 Å². The summed E-state index contributed by atoms with van der Waals surface area (Å²) in [6.45, 7) is 0.336. The number of benzene rings is 2. The maximum atomic E-state index is 13.6. The fourth-order valence-electron chi connectivity index (χ4n) is 2.76. The minimum Gasteiger partial charge on any atom is -0.497 e. The van der Waals surface area contributed by atoms with E-state index in [1.54, 1.807) is 50.6 Å². The molecule has 2 N–H and O–H groups in total. The van der Waals surface area contributed by atoms with E-state index in [9.17, 15) is 9.18 Å². The van der Waals surface area contributed by atoms with Gasteiger partial charge in [0.1, 0.15) is 23.1 Å². The first-order chi connectivity index (χ1) is 14.1. The monoisotopic (exact) mass is 395 g/mol. The molecule has 7 heteroatoms. The number of hydrogen-bond acceptors (Lipinski definition) is 5. The summed E-state index contributed by atoms with van der Waals surface area (Å²) < 4.78 is 24.1. The average molecular weight is 395 g/mol. The van der Waals surface area contributed by atoms with Crippen molar-refractivity contribution < 1.29 is 18.7 Å². The lowest BCUT2D eigenvalue weighted by atomic mass is 10.1. The topological polar surface area (TPSA) is 72.5 Å². The van der Waals surface area contributed by atoms with Crippen molar-refractivity contribution in [3.05, 3.63) is 77.7 Å². The Morgan fingerprint density at radius 2 is 1.90 bits per heavy atom. The summed E-state index contributed by atoms with van der Waals surface area (Å²) in [5.74, 6) is 1.33. The fourth-order valence-corrected chi connectivity index (χ4v) is 2.76. The number of amides is 1. The Labute approximate surface area is 168 Å². The standard InChI is InChI=1S/C22H22FN3O3/c1-28-17-8-9-19(20(13-17)29-2)26-21-10-7-16(14-25-21)22(27)24-12-11-15-5-3-4-6-18(15)23/h3-10,13-14H,11-12H2,1-2H3,(H,24,27)(H,25,26). The quantitative estimate of drug-likeness (QED) is 0.604. The number of nitrogens with one attached hydrogen (secondary N) is 2. The molecule has 0 bridgehead atoms. The molecule has 0 fully saturated rings. The fraction of sp³-hybridized carbons (Fsp3) is 0.182. The summed E-state index contributed by atoms with van der Waals surface area (Å²) in [5, 5.41) is 5.92. The van der Waals surface area contributed by atoms with Crippen LogP contribution in [-0.4, -0.2) is 31.7 Å². The maximum absolute atomic E-state index is 13.6. The molecular formula is C22H22FN3O3. The van der Waals surface area contributed by atoms with Gasteiger partial charge in [-0.1, -0.05) is 18.2 Å². The van der Waals surface area contributed by atoms with Crippen LogP contribution < -0.4 is 20.1 Å². The van der Waals surface area contributed by atoms with Crippen LogP contribution in [-0.2, 0) is 6.42 Å². The average Bonchev–Trinajstić information content (AvgIpc) is 2.75. The molecule has 150 valence electrons. The van der Waals surface area contributed by atoms with Gasteiger partial charge in [-0.05, 0) is 42.3 Å². The van der Waals surface area contributed by atoms with Gasteiger partial charge in [-0.15, -0.1) is 0 Å². The molecule has 0 aliphatic heterocycles. The smallest absolute Gasteiger partial charge is 0.252 e. The van der Waals surface area contributed by atoms with Crippen LogP contribution >= 0.6 is 0 Å². The third-order valence-corrected chi connectivity index (χ3v) is 4.33. The second kappa shape index (κ2) is 9.54. The van der Waals surface area contributed by atoms with Gasteiger partial charge in [0, 0.05) is 18.8 Å². The van der Waals surface area contributed by atoms with E-state index >= 15 is 0 Å². The lowest BCUT2D eigenvalue weighted by Gasteiger charge is -2.12. The van der Waals surface area contributed by atoms with Gasteiger partial charge in [-0.3, -0.25) is 4.79 Å². The number of hydrogen-bond donors (Lipinski definition) is 2. The van der Waals surface area contributed by atoms with E-state index in [0.29, 0.717) is 41.4 Å². The van der Waals surface area contributed by atoms with Crippen molar-refractivity contribution in [1.82, 2.24) is 10.3 Å². The zero-order chi connectivity index (χ0) is 20.6. The van der Waals surface area contributed by atoms with Gasteiger partial charge in [-0.2, -0.15) is 0 Å². The molecule has 3 rings (SSSR count). The summed E-state index contributed by atoms with van der Waals surface area (Å²) in [4.78, 5) is 16.5. The Balaban J connectivity index is 1.58. The molecule has 3 aromatic rings. The lowest BCUT2D eigenvalue weighted by Crippen LogP contribution is -2.26. The molecule has 6 nitrogen and oxygen atoms in total. The summed E-state index contributed by atoms with van der Waals surface area (Å²) in [5.41, 5.74) is 1.72. The van der Waals surface area contributed by atoms with Crippen LogP contribution in [0.4, 0.5) is 15.9 Å². The van der Waals surface area contributed by atoms with Crippen LogP contribution in [0.15, 0.2) is 60.8 Å². The second-order valence-electron chi connectivity index (χ2n) is 6.22. The van der Waals surface area contributed by atoms with Gasteiger partial charge >= 0.3 is 0 Å². The molecule has 0 saturated carbocycles. The van der Waals surface area contributed by atoms with E-state index in [1.165, 1.54) is 12.3 Å². The van der Waals surface area contributed by atoms with E-state index in [1.807, 2.05) is 12.1 Å². The van der Waals surface area contributed by atoms with Gasteiger partial charge < -0.3 is 20.1 Å². The SMILES string of the molecule is COc1ccc(Nc2ccc(C(=O)NCCc3ccccc3F)cn2)c(OC)c1.